The highest BCUT2D eigenvalue weighted by atomic mass is 31.2. The van der Waals surface area contributed by atoms with Crippen LogP contribution in [-0.2, 0) is 13.6 Å². The number of hydrogen-bond donors (Lipinski definition) is 1. The van der Waals surface area contributed by atoms with Gasteiger partial charge in [-0.1, -0.05) is 18.2 Å². The summed E-state index contributed by atoms with van der Waals surface area (Å²) in [5.74, 6) is -0.928. The second-order valence-corrected chi connectivity index (χ2v) is 5.32. The van der Waals surface area contributed by atoms with Crippen LogP contribution >= 0.6 is 7.60 Å². The smallest absolute Gasteiger partial charge is 0.363 e. The van der Waals surface area contributed by atoms with E-state index in [-0.39, 0.29) is 0 Å². The van der Waals surface area contributed by atoms with Crippen molar-refractivity contribution in [2.24, 2.45) is 0 Å². The van der Waals surface area contributed by atoms with Crippen LogP contribution in [0.5, 0.6) is 5.75 Å². The zero-order valence-electron chi connectivity index (χ0n) is 9.41. The number of benzene rings is 1. The molecule has 1 aromatic carbocycles. The van der Waals surface area contributed by atoms with E-state index in [9.17, 15) is 9.67 Å². The van der Waals surface area contributed by atoms with E-state index in [1.165, 1.54) is 21.3 Å². The molecule has 0 aliphatic rings. The van der Waals surface area contributed by atoms with Crippen LogP contribution in [0.1, 0.15) is 11.4 Å². The number of para-hydroxylation sites is 1. The Bertz CT molecular complexity index is 385. The van der Waals surface area contributed by atoms with Gasteiger partial charge in [0.2, 0.25) is 0 Å². The molecule has 0 amide bonds. The minimum Gasteiger partial charge on any atom is -0.496 e. The quantitative estimate of drug-likeness (QED) is 0.806. The van der Waals surface area contributed by atoms with Gasteiger partial charge < -0.3 is 18.9 Å². The molecule has 90 valence electrons. The van der Waals surface area contributed by atoms with E-state index in [2.05, 4.69) is 0 Å². The maximum Gasteiger partial charge on any atom is 0.363 e. The molecule has 1 unspecified atom stereocenters. The predicted molar refractivity (Wildman–Crippen MR) is 59.6 cm³/mol. The van der Waals surface area contributed by atoms with Crippen molar-refractivity contribution in [2.45, 2.75) is 5.85 Å². The van der Waals surface area contributed by atoms with E-state index in [4.69, 9.17) is 13.8 Å². The van der Waals surface area contributed by atoms with Gasteiger partial charge in [-0.2, -0.15) is 0 Å². The number of rotatable bonds is 5. The maximum absolute atomic E-state index is 12.0. The summed E-state index contributed by atoms with van der Waals surface area (Å²) < 4.78 is 26.5. The molecule has 5 nitrogen and oxygen atoms in total. The fourth-order valence-electron chi connectivity index (χ4n) is 1.32. The van der Waals surface area contributed by atoms with Gasteiger partial charge in [-0.25, -0.2) is 0 Å². The Hall–Kier alpha value is -0.870. The first kappa shape index (κ1) is 13.2. The lowest BCUT2D eigenvalue weighted by molar-refractivity contribution is 0.173. The van der Waals surface area contributed by atoms with Crippen molar-refractivity contribution in [2.75, 3.05) is 21.3 Å². The van der Waals surface area contributed by atoms with Gasteiger partial charge in [0.1, 0.15) is 5.75 Å². The molecule has 1 aromatic rings. The van der Waals surface area contributed by atoms with Crippen LogP contribution in [0.25, 0.3) is 0 Å². The molecule has 0 saturated heterocycles. The van der Waals surface area contributed by atoms with Gasteiger partial charge in [0.05, 0.1) is 7.11 Å². The van der Waals surface area contributed by atoms with Crippen LogP contribution in [0.3, 0.4) is 0 Å². The first-order valence-corrected chi connectivity index (χ1v) is 6.22. The lowest BCUT2D eigenvalue weighted by atomic mass is 10.2. The third-order valence-electron chi connectivity index (χ3n) is 2.23. The predicted octanol–water partition coefficient (Wildman–Crippen LogP) is 2.17. The summed E-state index contributed by atoms with van der Waals surface area (Å²) >= 11 is 0. The van der Waals surface area contributed by atoms with Gasteiger partial charge in [-0.3, -0.25) is 4.57 Å². The molecule has 0 spiro atoms. The highest BCUT2D eigenvalue weighted by molar-refractivity contribution is 7.54. The molecule has 0 aliphatic heterocycles. The average molecular weight is 246 g/mol. The Labute approximate surface area is 94.5 Å². The Morgan fingerprint density at radius 2 is 1.75 bits per heavy atom. The zero-order valence-corrected chi connectivity index (χ0v) is 10.3. The number of ether oxygens (including phenoxy) is 1. The molecule has 16 heavy (non-hydrogen) atoms. The van der Waals surface area contributed by atoms with Gasteiger partial charge in [-0.05, 0) is 6.07 Å². The molecule has 0 bridgehead atoms. The first-order chi connectivity index (χ1) is 7.59. The van der Waals surface area contributed by atoms with Crippen molar-refractivity contribution in [1.82, 2.24) is 0 Å². The van der Waals surface area contributed by atoms with Gasteiger partial charge >= 0.3 is 7.60 Å². The minimum absolute atomic E-state index is 0.372. The maximum atomic E-state index is 12.0. The molecular weight excluding hydrogens is 231 g/mol. The second kappa shape index (κ2) is 5.46. The summed E-state index contributed by atoms with van der Waals surface area (Å²) in [7, 11) is 0.360. The molecule has 0 fully saturated rings. The first-order valence-electron chi connectivity index (χ1n) is 4.61. The molecule has 0 aliphatic carbocycles. The Balaban J connectivity index is 3.13. The Morgan fingerprint density at radius 3 is 2.25 bits per heavy atom. The van der Waals surface area contributed by atoms with Crippen LogP contribution in [0, 0.1) is 0 Å². The standard InChI is InChI=1S/C10H15O5P/c1-13-9-7-5-4-6-8(9)10(11)16(12,14-2)15-3/h4-7,10-11H,1-3H3. The SMILES string of the molecule is COc1ccccc1C(O)P(=O)(OC)OC. The third kappa shape index (κ3) is 2.44. The van der Waals surface area contributed by atoms with E-state index in [1.54, 1.807) is 24.3 Å². The molecule has 1 N–H and O–H groups in total. The summed E-state index contributed by atoms with van der Waals surface area (Å²) in [5, 5.41) is 9.96. The van der Waals surface area contributed by atoms with E-state index >= 15 is 0 Å². The number of aliphatic hydroxyl groups excluding tert-OH is 1. The van der Waals surface area contributed by atoms with E-state index in [1.807, 2.05) is 0 Å². The number of aliphatic hydroxyl groups is 1. The monoisotopic (exact) mass is 246 g/mol. The average Bonchev–Trinajstić information content (AvgIpc) is 2.36. The van der Waals surface area contributed by atoms with E-state index in [0.717, 1.165) is 0 Å². The van der Waals surface area contributed by atoms with Gasteiger partial charge in [0.25, 0.3) is 0 Å². The summed E-state index contributed by atoms with van der Waals surface area (Å²) in [6, 6.07) is 6.72. The van der Waals surface area contributed by atoms with Crippen molar-refractivity contribution in [1.29, 1.82) is 0 Å². The second-order valence-electron chi connectivity index (χ2n) is 3.02. The summed E-state index contributed by atoms with van der Waals surface area (Å²) in [6.45, 7) is 0. The van der Waals surface area contributed by atoms with E-state index in [0.29, 0.717) is 11.3 Å². The normalized spacial score (nSPS) is 13.5. The van der Waals surface area contributed by atoms with Crippen LogP contribution in [0.15, 0.2) is 24.3 Å². The molecular formula is C10H15O5P. The summed E-state index contributed by atoms with van der Waals surface area (Å²) in [5.41, 5.74) is 0.372. The van der Waals surface area contributed by atoms with Crippen LogP contribution in [-0.4, -0.2) is 26.4 Å². The van der Waals surface area contributed by atoms with Crippen LogP contribution < -0.4 is 4.74 Å². The van der Waals surface area contributed by atoms with Crippen LogP contribution in [0.2, 0.25) is 0 Å². The minimum atomic E-state index is -3.56. The fourth-order valence-corrected chi connectivity index (χ4v) is 2.43. The zero-order chi connectivity index (χ0) is 12.2. The highest BCUT2D eigenvalue weighted by Crippen LogP contribution is 2.59. The molecule has 1 rings (SSSR count). The van der Waals surface area contributed by atoms with Crippen molar-refractivity contribution in [3.05, 3.63) is 29.8 Å². The molecule has 0 radical (unpaired) electrons. The Morgan fingerprint density at radius 1 is 1.19 bits per heavy atom. The highest BCUT2D eigenvalue weighted by Gasteiger charge is 2.35. The van der Waals surface area contributed by atoms with Crippen molar-refractivity contribution in [3.63, 3.8) is 0 Å². The molecule has 0 saturated carbocycles. The fraction of sp³-hybridized carbons (Fsp3) is 0.400. The largest absolute Gasteiger partial charge is 0.496 e. The van der Waals surface area contributed by atoms with Gasteiger partial charge in [-0.15, -0.1) is 0 Å². The van der Waals surface area contributed by atoms with Crippen molar-refractivity contribution < 1.29 is 23.5 Å². The van der Waals surface area contributed by atoms with Crippen LogP contribution in [0.4, 0.5) is 0 Å². The molecule has 0 aromatic heterocycles. The van der Waals surface area contributed by atoms with Crippen molar-refractivity contribution >= 4 is 7.60 Å². The van der Waals surface area contributed by atoms with E-state index < -0.39 is 13.4 Å². The summed E-state index contributed by atoms with van der Waals surface area (Å²) in [4.78, 5) is 0. The molecule has 6 heteroatoms. The van der Waals surface area contributed by atoms with Gasteiger partial charge in [0, 0.05) is 19.8 Å². The molecule has 0 heterocycles. The topological polar surface area (TPSA) is 65.0 Å². The number of methoxy groups -OCH3 is 1. The summed E-state index contributed by atoms with van der Waals surface area (Å²) in [6.07, 6.45) is 0. The number of hydrogen-bond acceptors (Lipinski definition) is 5. The Kier molecular flexibility index (Phi) is 4.50. The molecule has 1 atom stereocenters. The lowest BCUT2D eigenvalue weighted by Crippen LogP contribution is -2.04. The lowest BCUT2D eigenvalue weighted by Gasteiger charge is -2.21. The third-order valence-corrected chi connectivity index (χ3v) is 4.12. The van der Waals surface area contributed by atoms with Crippen molar-refractivity contribution in [3.8, 4) is 5.75 Å². The van der Waals surface area contributed by atoms with Gasteiger partial charge in [0.15, 0.2) is 5.85 Å².